The van der Waals surface area contributed by atoms with Gasteiger partial charge in [-0.25, -0.2) is 9.67 Å². The highest BCUT2D eigenvalue weighted by molar-refractivity contribution is 5.38. The number of hydrogen-bond donors (Lipinski definition) is 1. The third kappa shape index (κ3) is 4.63. The van der Waals surface area contributed by atoms with Crippen LogP contribution < -0.4 is 5.32 Å². The van der Waals surface area contributed by atoms with E-state index in [4.69, 9.17) is 9.72 Å². The molecule has 1 aliphatic heterocycles. The predicted molar refractivity (Wildman–Crippen MR) is 113 cm³/mol. The average molecular weight is 393 g/mol. The summed E-state index contributed by atoms with van der Waals surface area (Å²) in [6, 6.07) is 11.0. The van der Waals surface area contributed by atoms with Gasteiger partial charge in [0.1, 0.15) is 5.82 Å². The topological polar surface area (TPSA) is 68.1 Å². The van der Waals surface area contributed by atoms with Crippen molar-refractivity contribution in [3.05, 3.63) is 65.2 Å². The van der Waals surface area contributed by atoms with Crippen LogP contribution in [0.25, 0.3) is 5.82 Å². The third-order valence-corrected chi connectivity index (χ3v) is 5.24. The molecule has 1 unspecified atom stereocenters. The molecule has 0 amide bonds. The smallest absolute Gasteiger partial charge is 0.174 e. The Bertz CT molecular complexity index is 963. The van der Waals surface area contributed by atoms with E-state index in [1.54, 1.807) is 12.4 Å². The first-order valence-corrected chi connectivity index (χ1v) is 10.1. The minimum atomic E-state index is 0.248. The van der Waals surface area contributed by atoms with Gasteiger partial charge in [-0.2, -0.15) is 5.10 Å². The van der Waals surface area contributed by atoms with E-state index in [9.17, 15) is 0 Å². The molecule has 0 aliphatic carbocycles. The van der Waals surface area contributed by atoms with Crippen molar-refractivity contribution in [1.29, 1.82) is 0 Å². The molecule has 2 aromatic heterocycles. The Morgan fingerprint density at radius 2 is 1.93 bits per heavy atom. The summed E-state index contributed by atoms with van der Waals surface area (Å²) in [4.78, 5) is 11.6. The Labute approximate surface area is 171 Å². The number of nitrogens with zero attached hydrogens (tertiary/aromatic N) is 5. The molecule has 0 bridgehead atoms. The van der Waals surface area contributed by atoms with Crippen LogP contribution in [-0.4, -0.2) is 57.5 Å². The van der Waals surface area contributed by atoms with Gasteiger partial charge in [0.15, 0.2) is 5.82 Å². The summed E-state index contributed by atoms with van der Waals surface area (Å²) in [7, 11) is 0. The molecule has 7 heteroatoms. The van der Waals surface area contributed by atoms with Gasteiger partial charge in [-0.05, 0) is 32.4 Å². The first kappa shape index (κ1) is 19.5. The maximum Gasteiger partial charge on any atom is 0.174 e. The molecule has 1 aliphatic rings. The van der Waals surface area contributed by atoms with Crippen molar-refractivity contribution in [2.24, 2.45) is 0 Å². The second-order valence-electron chi connectivity index (χ2n) is 7.56. The van der Waals surface area contributed by atoms with Gasteiger partial charge in [0.05, 0.1) is 37.3 Å². The lowest BCUT2D eigenvalue weighted by Gasteiger charge is -2.35. The van der Waals surface area contributed by atoms with Crippen molar-refractivity contribution in [3.63, 3.8) is 0 Å². The first-order chi connectivity index (χ1) is 14.1. The molecular formula is C22H28N6O. The number of hydrogen-bond acceptors (Lipinski definition) is 6. The normalized spacial score (nSPS) is 16.0. The van der Waals surface area contributed by atoms with E-state index in [1.165, 1.54) is 11.1 Å². The van der Waals surface area contributed by atoms with E-state index in [0.717, 1.165) is 55.9 Å². The molecule has 4 rings (SSSR count). The second kappa shape index (κ2) is 8.71. The Hall–Kier alpha value is -2.77. The summed E-state index contributed by atoms with van der Waals surface area (Å²) >= 11 is 0. The van der Waals surface area contributed by atoms with E-state index < -0.39 is 0 Å². The number of rotatable bonds is 6. The van der Waals surface area contributed by atoms with E-state index in [-0.39, 0.29) is 6.04 Å². The Morgan fingerprint density at radius 3 is 2.66 bits per heavy atom. The maximum atomic E-state index is 5.56. The fraction of sp³-hybridized carbons (Fsp3) is 0.409. The van der Waals surface area contributed by atoms with Crippen molar-refractivity contribution in [2.75, 3.05) is 38.2 Å². The van der Waals surface area contributed by atoms with Crippen LogP contribution in [-0.2, 0) is 4.74 Å². The number of aromatic nitrogens is 4. The molecule has 3 aromatic rings. The Kier molecular flexibility index (Phi) is 5.87. The van der Waals surface area contributed by atoms with Crippen LogP contribution in [0.5, 0.6) is 0 Å². The second-order valence-corrected chi connectivity index (χ2v) is 7.56. The molecule has 7 nitrogen and oxygen atoms in total. The van der Waals surface area contributed by atoms with Crippen LogP contribution in [0.4, 0.5) is 5.82 Å². The number of anilines is 1. The van der Waals surface area contributed by atoms with E-state index >= 15 is 0 Å². The van der Waals surface area contributed by atoms with Crippen molar-refractivity contribution >= 4 is 5.82 Å². The number of aryl methyl sites for hydroxylation is 3. The zero-order valence-corrected chi connectivity index (χ0v) is 17.3. The van der Waals surface area contributed by atoms with Crippen molar-refractivity contribution in [2.45, 2.75) is 26.8 Å². The van der Waals surface area contributed by atoms with Gasteiger partial charge in [-0.1, -0.05) is 29.8 Å². The predicted octanol–water partition coefficient (Wildman–Crippen LogP) is 3.07. The largest absolute Gasteiger partial charge is 0.379 e. The summed E-state index contributed by atoms with van der Waals surface area (Å²) in [5.41, 5.74) is 4.59. The van der Waals surface area contributed by atoms with Gasteiger partial charge in [-0.3, -0.25) is 9.88 Å². The fourth-order valence-electron chi connectivity index (χ4n) is 3.83. The lowest BCUT2D eigenvalue weighted by Crippen LogP contribution is -2.41. The van der Waals surface area contributed by atoms with Gasteiger partial charge < -0.3 is 10.1 Å². The van der Waals surface area contributed by atoms with Crippen LogP contribution in [0.15, 0.2) is 42.7 Å². The first-order valence-electron chi connectivity index (χ1n) is 10.1. The van der Waals surface area contributed by atoms with Crippen molar-refractivity contribution < 1.29 is 4.74 Å². The van der Waals surface area contributed by atoms with Gasteiger partial charge in [0.2, 0.25) is 0 Å². The molecule has 1 N–H and O–H groups in total. The molecule has 1 fully saturated rings. The Balaban J connectivity index is 1.54. The number of benzene rings is 1. The Morgan fingerprint density at radius 1 is 1.10 bits per heavy atom. The standard InChI is InChI=1S/C22H28N6O/c1-16-5-4-6-19(11-16)20(27-7-9-29-10-8-27)13-24-21-14-23-15-22(25-21)28-18(3)12-17(2)26-28/h4-6,11-12,14-15,20H,7-10,13H2,1-3H3,(H,24,25). The lowest BCUT2D eigenvalue weighted by molar-refractivity contribution is 0.0187. The van der Waals surface area contributed by atoms with E-state index in [2.05, 4.69) is 51.5 Å². The molecule has 0 spiro atoms. The molecule has 29 heavy (non-hydrogen) atoms. The zero-order chi connectivity index (χ0) is 20.2. The van der Waals surface area contributed by atoms with Crippen molar-refractivity contribution in [1.82, 2.24) is 24.6 Å². The minimum Gasteiger partial charge on any atom is -0.379 e. The fourth-order valence-corrected chi connectivity index (χ4v) is 3.83. The summed E-state index contributed by atoms with van der Waals surface area (Å²) in [6.07, 6.45) is 3.51. The molecule has 1 atom stereocenters. The molecule has 3 heterocycles. The molecule has 0 saturated carbocycles. The van der Waals surface area contributed by atoms with Gasteiger partial charge in [0, 0.05) is 25.3 Å². The average Bonchev–Trinajstić information content (AvgIpc) is 3.07. The minimum absolute atomic E-state index is 0.248. The molecule has 1 aromatic carbocycles. The summed E-state index contributed by atoms with van der Waals surface area (Å²) in [6.45, 7) is 10.3. The third-order valence-electron chi connectivity index (χ3n) is 5.24. The maximum absolute atomic E-state index is 5.56. The SMILES string of the molecule is Cc1cccc(C(CNc2cncc(-n3nc(C)cc3C)n2)N2CCOCC2)c1. The number of morpholine rings is 1. The summed E-state index contributed by atoms with van der Waals surface area (Å²) in [5, 5.41) is 8.01. The quantitative estimate of drug-likeness (QED) is 0.695. The number of nitrogens with one attached hydrogen (secondary N) is 1. The lowest BCUT2D eigenvalue weighted by atomic mass is 10.0. The van der Waals surface area contributed by atoms with Crippen LogP contribution in [0, 0.1) is 20.8 Å². The molecular weight excluding hydrogens is 364 g/mol. The summed E-state index contributed by atoms with van der Waals surface area (Å²) < 4.78 is 7.38. The monoisotopic (exact) mass is 392 g/mol. The number of ether oxygens (including phenoxy) is 1. The summed E-state index contributed by atoms with van der Waals surface area (Å²) in [5.74, 6) is 1.47. The van der Waals surface area contributed by atoms with Crippen LogP contribution in [0.3, 0.4) is 0 Å². The van der Waals surface area contributed by atoms with Crippen LogP contribution >= 0.6 is 0 Å². The van der Waals surface area contributed by atoms with Gasteiger partial charge in [-0.15, -0.1) is 0 Å². The van der Waals surface area contributed by atoms with Gasteiger partial charge in [0.25, 0.3) is 0 Å². The highest BCUT2D eigenvalue weighted by Gasteiger charge is 2.23. The zero-order valence-electron chi connectivity index (χ0n) is 17.3. The van der Waals surface area contributed by atoms with E-state index in [0.29, 0.717) is 0 Å². The van der Waals surface area contributed by atoms with Crippen LogP contribution in [0.1, 0.15) is 28.6 Å². The van der Waals surface area contributed by atoms with Crippen LogP contribution in [0.2, 0.25) is 0 Å². The van der Waals surface area contributed by atoms with Crippen molar-refractivity contribution in [3.8, 4) is 5.82 Å². The molecule has 0 radical (unpaired) electrons. The van der Waals surface area contributed by atoms with Gasteiger partial charge >= 0.3 is 0 Å². The van der Waals surface area contributed by atoms with E-state index in [1.807, 2.05) is 24.6 Å². The highest BCUT2D eigenvalue weighted by Crippen LogP contribution is 2.23. The molecule has 152 valence electrons. The molecule has 1 saturated heterocycles. The highest BCUT2D eigenvalue weighted by atomic mass is 16.5.